The van der Waals surface area contributed by atoms with Crippen LogP contribution in [0.5, 0.6) is 0 Å². The lowest BCUT2D eigenvalue weighted by atomic mass is 10.1. The molecule has 2 aliphatic rings. The number of nitrogens with zero attached hydrogens (tertiary/aromatic N) is 5. The third kappa shape index (κ3) is 2.63. The normalized spacial score (nSPS) is 28.7. The van der Waals surface area contributed by atoms with Gasteiger partial charge in [-0.3, -0.25) is 9.48 Å². The van der Waals surface area contributed by atoms with E-state index in [2.05, 4.69) is 20.7 Å². The predicted octanol–water partition coefficient (Wildman–Crippen LogP) is -0.0804. The molecule has 1 unspecified atom stereocenters. The standard InChI is InChI=1S/C15H20N6O2/c22-13-9-11(10-20-6-1-4-17-20)8-12(13)18-14(23)15(2-3-15)21-7-5-16-19-21/h1,4-7,11-13,22H,2-3,8-10H2,(H,18,23)/t11?,12-,13-/m1/s1. The molecule has 2 aromatic heterocycles. The molecule has 23 heavy (non-hydrogen) atoms. The number of carbonyl (C=O) groups excluding carboxylic acids is 1. The highest BCUT2D eigenvalue weighted by Crippen LogP contribution is 2.43. The van der Waals surface area contributed by atoms with Crippen molar-refractivity contribution in [1.29, 1.82) is 0 Å². The van der Waals surface area contributed by atoms with Gasteiger partial charge in [0, 0.05) is 25.1 Å². The lowest BCUT2D eigenvalue weighted by molar-refractivity contribution is -0.127. The zero-order chi connectivity index (χ0) is 15.9. The molecule has 0 aliphatic heterocycles. The summed E-state index contributed by atoms with van der Waals surface area (Å²) in [6.45, 7) is 0.769. The maximum Gasteiger partial charge on any atom is 0.248 e. The van der Waals surface area contributed by atoms with Crippen LogP contribution < -0.4 is 5.32 Å². The second-order valence-corrected chi connectivity index (χ2v) is 6.59. The molecule has 0 aromatic carbocycles. The Kier molecular flexibility index (Phi) is 3.41. The van der Waals surface area contributed by atoms with Crippen molar-refractivity contribution < 1.29 is 9.90 Å². The van der Waals surface area contributed by atoms with Gasteiger partial charge in [0.25, 0.3) is 0 Å². The average Bonchev–Trinajstić information content (AvgIpc) is 2.94. The van der Waals surface area contributed by atoms with Crippen molar-refractivity contribution in [3.05, 3.63) is 30.9 Å². The van der Waals surface area contributed by atoms with Gasteiger partial charge < -0.3 is 10.4 Å². The molecule has 2 aliphatic carbocycles. The number of nitrogens with one attached hydrogen (secondary N) is 1. The molecule has 2 fully saturated rings. The molecule has 4 rings (SSSR count). The van der Waals surface area contributed by atoms with E-state index in [1.807, 2.05) is 16.9 Å². The van der Waals surface area contributed by atoms with E-state index in [9.17, 15) is 9.90 Å². The molecule has 2 N–H and O–H groups in total. The van der Waals surface area contributed by atoms with Gasteiger partial charge in [-0.05, 0) is 37.7 Å². The number of aliphatic hydroxyl groups is 1. The van der Waals surface area contributed by atoms with Gasteiger partial charge in [-0.2, -0.15) is 5.10 Å². The van der Waals surface area contributed by atoms with Crippen molar-refractivity contribution in [3.8, 4) is 0 Å². The minimum absolute atomic E-state index is 0.0632. The first-order valence-electron chi connectivity index (χ1n) is 8.01. The first kappa shape index (κ1) is 14.4. The smallest absolute Gasteiger partial charge is 0.248 e. The Morgan fingerprint density at radius 2 is 2.17 bits per heavy atom. The summed E-state index contributed by atoms with van der Waals surface area (Å²) in [5.74, 6) is 0.253. The van der Waals surface area contributed by atoms with E-state index in [1.165, 1.54) is 0 Å². The SMILES string of the molecule is O=C(N[C@@H]1CC(Cn2cccn2)C[C@H]1O)C1(n2ccnn2)CC1. The summed E-state index contributed by atoms with van der Waals surface area (Å²) in [4.78, 5) is 12.6. The molecule has 122 valence electrons. The summed E-state index contributed by atoms with van der Waals surface area (Å²) in [5, 5.41) is 25.2. The summed E-state index contributed by atoms with van der Waals surface area (Å²) in [5.41, 5.74) is -0.601. The fraction of sp³-hybridized carbons (Fsp3) is 0.600. The third-order valence-electron chi connectivity index (χ3n) is 4.95. The molecule has 2 saturated carbocycles. The highest BCUT2D eigenvalue weighted by Gasteiger charge is 2.53. The Morgan fingerprint density at radius 1 is 1.30 bits per heavy atom. The number of hydrogen-bond acceptors (Lipinski definition) is 5. The molecule has 3 atom stereocenters. The fourth-order valence-electron chi connectivity index (χ4n) is 3.51. The number of aromatic nitrogens is 5. The Hall–Kier alpha value is -2.22. The van der Waals surface area contributed by atoms with Gasteiger partial charge in [0.15, 0.2) is 0 Å². The van der Waals surface area contributed by atoms with E-state index < -0.39 is 11.6 Å². The van der Waals surface area contributed by atoms with Crippen LogP contribution in [0.2, 0.25) is 0 Å². The van der Waals surface area contributed by atoms with Crippen molar-refractivity contribution >= 4 is 5.91 Å². The lowest BCUT2D eigenvalue weighted by Gasteiger charge is -2.21. The van der Waals surface area contributed by atoms with E-state index in [4.69, 9.17) is 0 Å². The highest BCUT2D eigenvalue weighted by atomic mass is 16.3. The van der Waals surface area contributed by atoms with Crippen LogP contribution in [0, 0.1) is 5.92 Å². The molecule has 0 radical (unpaired) electrons. The van der Waals surface area contributed by atoms with Crippen LogP contribution >= 0.6 is 0 Å². The molecule has 0 saturated heterocycles. The Balaban J connectivity index is 1.38. The van der Waals surface area contributed by atoms with E-state index in [1.54, 1.807) is 23.3 Å². The van der Waals surface area contributed by atoms with Crippen LogP contribution in [0.1, 0.15) is 25.7 Å². The van der Waals surface area contributed by atoms with Gasteiger partial charge in [0.2, 0.25) is 5.91 Å². The molecular weight excluding hydrogens is 296 g/mol. The van der Waals surface area contributed by atoms with Gasteiger partial charge >= 0.3 is 0 Å². The summed E-state index contributed by atoms with van der Waals surface area (Å²) in [6, 6.07) is 1.68. The topological polar surface area (TPSA) is 97.9 Å². The minimum atomic E-state index is -0.601. The maximum absolute atomic E-state index is 12.6. The molecule has 8 heteroatoms. The summed E-state index contributed by atoms with van der Waals surface area (Å²) in [7, 11) is 0. The first-order valence-corrected chi connectivity index (χ1v) is 8.01. The van der Waals surface area contributed by atoms with Gasteiger partial charge in [-0.15, -0.1) is 5.10 Å². The van der Waals surface area contributed by atoms with Crippen molar-refractivity contribution in [2.45, 2.75) is 49.9 Å². The van der Waals surface area contributed by atoms with Crippen molar-refractivity contribution in [2.75, 3.05) is 0 Å². The van der Waals surface area contributed by atoms with Crippen LogP contribution in [0.3, 0.4) is 0 Å². The van der Waals surface area contributed by atoms with Crippen LogP contribution in [0.4, 0.5) is 0 Å². The van der Waals surface area contributed by atoms with E-state index in [-0.39, 0.29) is 11.9 Å². The van der Waals surface area contributed by atoms with Gasteiger partial charge in [0.1, 0.15) is 5.54 Å². The van der Waals surface area contributed by atoms with Crippen LogP contribution in [0.15, 0.2) is 30.9 Å². The molecule has 0 bridgehead atoms. The average molecular weight is 316 g/mol. The molecule has 8 nitrogen and oxygen atoms in total. The van der Waals surface area contributed by atoms with E-state index >= 15 is 0 Å². The van der Waals surface area contributed by atoms with Crippen molar-refractivity contribution in [2.24, 2.45) is 5.92 Å². The second-order valence-electron chi connectivity index (χ2n) is 6.59. The van der Waals surface area contributed by atoms with E-state index in [0.717, 1.165) is 25.8 Å². The summed E-state index contributed by atoms with van der Waals surface area (Å²) in [6.07, 6.45) is 9.44. The second kappa shape index (κ2) is 5.45. The lowest BCUT2D eigenvalue weighted by Crippen LogP contribution is -2.47. The Labute approximate surface area is 133 Å². The van der Waals surface area contributed by atoms with Crippen LogP contribution in [-0.4, -0.2) is 47.9 Å². The number of hydrogen-bond donors (Lipinski definition) is 2. The number of aliphatic hydroxyl groups excluding tert-OH is 1. The highest BCUT2D eigenvalue weighted by molar-refractivity contribution is 5.87. The molecule has 1 amide bonds. The van der Waals surface area contributed by atoms with E-state index in [0.29, 0.717) is 12.3 Å². The fourth-order valence-corrected chi connectivity index (χ4v) is 3.51. The van der Waals surface area contributed by atoms with Crippen molar-refractivity contribution in [1.82, 2.24) is 30.1 Å². The predicted molar refractivity (Wildman–Crippen MR) is 80.1 cm³/mol. The number of rotatable bonds is 5. The molecule has 2 aromatic rings. The third-order valence-corrected chi connectivity index (χ3v) is 4.95. The maximum atomic E-state index is 12.6. The van der Waals surface area contributed by atoms with Gasteiger partial charge in [-0.25, -0.2) is 4.68 Å². The van der Waals surface area contributed by atoms with Crippen molar-refractivity contribution in [3.63, 3.8) is 0 Å². The van der Waals surface area contributed by atoms with Gasteiger partial charge in [-0.1, -0.05) is 5.21 Å². The molecular formula is C15H20N6O2. The van der Waals surface area contributed by atoms with Crippen LogP contribution in [0.25, 0.3) is 0 Å². The minimum Gasteiger partial charge on any atom is -0.391 e. The monoisotopic (exact) mass is 316 g/mol. The largest absolute Gasteiger partial charge is 0.391 e. The molecule has 2 heterocycles. The molecule has 0 spiro atoms. The quantitative estimate of drug-likeness (QED) is 0.804. The zero-order valence-electron chi connectivity index (χ0n) is 12.7. The van der Waals surface area contributed by atoms with Crippen LogP contribution in [-0.2, 0) is 16.9 Å². The Bertz CT molecular complexity index is 664. The zero-order valence-corrected chi connectivity index (χ0v) is 12.7. The number of carbonyl (C=O) groups is 1. The first-order chi connectivity index (χ1) is 11.2. The Morgan fingerprint density at radius 3 is 2.83 bits per heavy atom. The van der Waals surface area contributed by atoms with Gasteiger partial charge in [0.05, 0.1) is 18.3 Å². The number of amides is 1. The summed E-state index contributed by atoms with van der Waals surface area (Å²) >= 11 is 0. The summed E-state index contributed by atoms with van der Waals surface area (Å²) < 4.78 is 3.50.